The van der Waals surface area contributed by atoms with Crippen LogP contribution in [0, 0.1) is 0 Å². The molecule has 3 heterocycles. The van der Waals surface area contributed by atoms with Gasteiger partial charge < -0.3 is 15.4 Å². The second-order valence-electron chi connectivity index (χ2n) is 6.41. The Kier molecular flexibility index (Phi) is 6.28. The van der Waals surface area contributed by atoms with Crippen molar-refractivity contribution in [1.82, 2.24) is 25.4 Å². The molecule has 0 bridgehead atoms. The molecule has 2 N–H and O–H groups in total. The van der Waals surface area contributed by atoms with Crippen molar-refractivity contribution in [2.45, 2.75) is 12.5 Å². The van der Waals surface area contributed by atoms with E-state index in [0.29, 0.717) is 11.6 Å². The number of benzene rings is 1. The van der Waals surface area contributed by atoms with E-state index in [4.69, 9.17) is 4.74 Å². The van der Waals surface area contributed by atoms with Crippen LogP contribution in [0.3, 0.4) is 0 Å². The van der Waals surface area contributed by atoms with Crippen LogP contribution in [-0.2, 0) is 0 Å². The molecule has 8 heteroatoms. The maximum Gasteiger partial charge on any atom is 0.272 e. The highest BCUT2D eigenvalue weighted by atomic mass is 35.5. The quantitative estimate of drug-likeness (QED) is 0.688. The van der Waals surface area contributed by atoms with E-state index in [1.54, 1.807) is 24.1 Å². The minimum Gasteiger partial charge on any atom is -0.481 e. The van der Waals surface area contributed by atoms with Gasteiger partial charge in [0.25, 0.3) is 5.91 Å². The lowest BCUT2D eigenvalue weighted by Gasteiger charge is -2.09. The number of ether oxygens (including phenoxy) is 1. The summed E-state index contributed by atoms with van der Waals surface area (Å²) in [5.74, 6) is 0.361. The average molecular weight is 400 g/mol. The number of nitrogens with one attached hydrogen (secondary N) is 2. The molecule has 1 aliphatic heterocycles. The van der Waals surface area contributed by atoms with Crippen LogP contribution in [0.2, 0.25) is 0 Å². The van der Waals surface area contributed by atoms with E-state index in [9.17, 15) is 4.79 Å². The van der Waals surface area contributed by atoms with Gasteiger partial charge in [-0.3, -0.25) is 4.79 Å². The van der Waals surface area contributed by atoms with Crippen molar-refractivity contribution in [3.63, 3.8) is 0 Å². The molecule has 146 valence electrons. The van der Waals surface area contributed by atoms with Gasteiger partial charge in [-0.05, 0) is 25.1 Å². The SMILES string of the molecule is COc1ccc(-n2nc(C(=O)NC3CCNC3)cc2-c2ccccc2)cn1.Cl. The number of hydrogen-bond donors (Lipinski definition) is 2. The summed E-state index contributed by atoms with van der Waals surface area (Å²) < 4.78 is 6.87. The van der Waals surface area contributed by atoms with E-state index in [0.717, 1.165) is 36.5 Å². The van der Waals surface area contributed by atoms with E-state index in [1.807, 2.05) is 42.5 Å². The molecule has 1 saturated heterocycles. The molecule has 7 nitrogen and oxygen atoms in total. The molecule has 0 radical (unpaired) electrons. The summed E-state index contributed by atoms with van der Waals surface area (Å²) in [7, 11) is 1.58. The third-order valence-corrected chi connectivity index (χ3v) is 4.58. The van der Waals surface area contributed by atoms with Gasteiger partial charge in [0.1, 0.15) is 0 Å². The van der Waals surface area contributed by atoms with Crippen LogP contribution in [0.15, 0.2) is 54.7 Å². The second-order valence-corrected chi connectivity index (χ2v) is 6.41. The zero-order valence-electron chi connectivity index (χ0n) is 15.5. The number of carbonyl (C=O) groups excluding carboxylic acids is 1. The lowest BCUT2D eigenvalue weighted by molar-refractivity contribution is 0.0934. The number of amides is 1. The topological polar surface area (TPSA) is 81.1 Å². The number of methoxy groups -OCH3 is 1. The zero-order chi connectivity index (χ0) is 18.6. The fourth-order valence-corrected chi connectivity index (χ4v) is 3.16. The molecule has 3 aromatic rings. The van der Waals surface area contributed by atoms with Crippen LogP contribution in [0.4, 0.5) is 0 Å². The third kappa shape index (κ3) is 4.16. The third-order valence-electron chi connectivity index (χ3n) is 4.58. The van der Waals surface area contributed by atoms with Crippen LogP contribution in [0.25, 0.3) is 16.9 Å². The first-order chi connectivity index (χ1) is 13.2. The van der Waals surface area contributed by atoms with Gasteiger partial charge in [-0.1, -0.05) is 30.3 Å². The predicted octanol–water partition coefficient (Wildman–Crippen LogP) is 2.46. The van der Waals surface area contributed by atoms with E-state index in [1.165, 1.54) is 0 Å². The van der Waals surface area contributed by atoms with E-state index in [-0.39, 0.29) is 24.4 Å². The van der Waals surface area contributed by atoms with Gasteiger partial charge >= 0.3 is 0 Å². The summed E-state index contributed by atoms with van der Waals surface area (Å²) in [6.45, 7) is 1.71. The first-order valence-electron chi connectivity index (χ1n) is 8.92. The minimum absolute atomic E-state index is 0. The van der Waals surface area contributed by atoms with Crippen LogP contribution in [0.1, 0.15) is 16.9 Å². The molecule has 1 aliphatic rings. The smallest absolute Gasteiger partial charge is 0.272 e. The number of halogens is 1. The minimum atomic E-state index is -0.166. The Bertz CT molecular complexity index is 922. The summed E-state index contributed by atoms with van der Waals surface area (Å²) in [6.07, 6.45) is 2.61. The highest BCUT2D eigenvalue weighted by molar-refractivity contribution is 5.93. The molecular weight excluding hydrogens is 378 g/mol. The molecule has 28 heavy (non-hydrogen) atoms. The Hall–Kier alpha value is -2.90. The van der Waals surface area contributed by atoms with Gasteiger partial charge in [-0.25, -0.2) is 9.67 Å². The second kappa shape index (κ2) is 8.86. The van der Waals surface area contributed by atoms with Crippen molar-refractivity contribution < 1.29 is 9.53 Å². The van der Waals surface area contributed by atoms with Crippen LogP contribution < -0.4 is 15.4 Å². The number of rotatable bonds is 5. The fraction of sp³-hybridized carbons (Fsp3) is 0.250. The number of pyridine rings is 1. The van der Waals surface area contributed by atoms with Gasteiger partial charge in [-0.15, -0.1) is 12.4 Å². The summed E-state index contributed by atoms with van der Waals surface area (Å²) in [4.78, 5) is 16.9. The Labute approximate surface area is 169 Å². The zero-order valence-corrected chi connectivity index (χ0v) is 16.3. The van der Waals surface area contributed by atoms with E-state index < -0.39 is 0 Å². The van der Waals surface area contributed by atoms with Gasteiger partial charge in [0.15, 0.2) is 5.69 Å². The van der Waals surface area contributed by atoms with Gasteiger partial charge in [0, 0.05) is 24.2 Å². The molecule has 1 aromatic carbocycles. The summed E-state index contributed by atoms with van der Waals surface area (Å²) in [6, 6.07) is 15.5. The van der Waals surface area contributed by atoms with Gasteiger partial charge in [0.2, 0.25) is 5.88 Å². The lowest BCUT2D eigenvalue weighted by Crippen LogP contribution is -2.36. The molecule has 0 aliphatic carbocycles. The number of nitrogens with zero attached hydrogens (tertiary/aromatic N) is 3. The number of aromatic nitrogens is 3. The van der Waals surface area contributed by atoms with Crippen LogP contribution in [-0.4, -0.2) is 46.9 Å². The molecule has 1 fully saturated rings. The normalized spacial score (nSPS) is 15.7. The monoisotopic (exact) mass is 399 g/mol. The van der Waals surface area contributed by atoms with Crippen molar-refractivity contribution in [3.8, 4) is 22.8 Å². The Morgan fingerprint density at radius 3 is 2.71 bits per heavy atom. The number of carbonyl (C=O) groups is 1. The fourth-order valence-electron chi connectivity index (χ4n) is 3.16. The largest absolute Gasteiger partial charge is 0.481 e. The molecule has 2 aromatic heterocycles. The van der Waals surface area contributed by atoms with Crippen molar-refractivity contribution in [2.75, 3.05) is 20.2 Å². The van der Waals surface area contributed by atoms with Gasteiger partial charge in [0.05, 0.1) is 24.7 Å². The molecule has 4 rings (SSSR count). The standard InChI is InChI=1S/C20H21N5O2.ClH/c1-27-19-8-7-16(13-22-19)25-18(14-5-3-2-4-6-14)11-17(24-25)20(26)23-15-9-10-21-12-15;/h2-8,11,13,15,21H,9-10,12H2,1H3,(H,23,26);1H. The van der Waals surface area contributed by atoms with Crippen molar-refractivity contribution in [1.29, 1.82) is 0 Å². The lowest BCUT2D eigenvalue weighted by atomic mass is 10.1. The average Bonchev–Trinajstić information content (AvgIpc) is 3.39. The van der Waals surface area contributed by atoms with Crippen molar-refractivity contribution in [2.24, 2.45) is 0 Å². The van der Waals surface area contributed by atoms with Crippen LogP contribution >= 0.6 is 12.4 Å². The van der Waals surface area contributed by atoms with E-state index >= 15 is 0 Å². The molecule has 1 atom stereocenters. The molecule has 1 amide bonds. The molecule has 0 spiro atoms. The Balaban J connectivity index is 0.00000225. The Morgan fingerprint density at radius 1 is 1.25 bits per heavy atom. The maximum absolute atomic E-state index is 12.7. The maximum atomic E-state index is 12.7. The summed E-state index contributed by atoms with van der Waals surface area (Å²) >= 11 is 0. The van der Waals surface area contributed by atoms with Gasteiger partial charge in [-0.2, -0.15) is 5.10 Å². The van der Waals surface area contributed by atoms with Crippen molar-refractivity contribution in [3.05, 3.63) is 60.4 Å². The Morgan fingerprint density at radius 2 is 2.07 bits per heavy atom. The summed E-state index contributed by atoms with van der Waals surface area (Å²) in [5.41, 5.74) is 2.95. The molecule has 1 unspecified atom stereocenters. The first-order valence-corrected chi connectivity index (χ1v) is 8.92. The molecule has 0 saturated carbocycles. The predicted molar refractivity (Wildman–Crippen MR) is 109 cm³/mol. The van der Waals surface area contributed by atoms with Crippen LogP contribution in [0.5, 0.6) is 5.88 Å². The first kappa shape index (κ1) is 19.9. The molecular formula is C20H22ClN5O2. The van der Waals surface area contributed by atoms with Crippen molar-refractivity contribution >= 4 is 18.3 Å². The van der Waals surface area contributed by atoms with E-state index in [2.05, 4.69) is 20.7 Å². The summed E-state index contributed by atoms with van der Waals surface area (Å²) in [5, 5.41) is 10.8. The highest BCUT2D eigenvalue weighted by Crippen LogP contribution is 2.24. The number of hydrogen-bond acceptors (Lipinski definition) is 5. The highest BCUT2D eigenvalue weighted by Gasteiger charge is 2.21.